The molecule has 106 valence electrons. The number of hydrogen-bond donors (Lipinski definition) is 1. The Morgan fingerprint density at radius 3 is 2.89 bits per heavy atom. The number of fused-ring (bicyclic) bond motifs is 1. The first kappa shape index (κ1) is 14.3. The first-order chi connectivity index (χ1) is 8.68. The Hall–Kier alpha value is -0.120. The van der Waals surface area contributed by atoms with Crippen molar-refractivity contribution >= 4 is 0 Å². The largest absolute Gasteiger partial charge is 0.375 e. The van der Waals surface area contributed by atoms with Gasteiger partial charge in [-0.3, -0.25) is 4.90 Å². The Balaban J connectivity index is 1.72. The van der Waals surface area contributed by atoms with Crippen LogP contribution in [-0.4, -0.2) is 48.8 Å². The Morgan fingerprint density at radius 2 is 2.11 bits per heavy atom. The fraction of sp³-hybridized carbons (Fsp3) is 1.00. The summed E-state index contributed by atoms with van der Waals surface area (Å²) in [5.41, 5.74) is 0. The van der Waals surface area contributed by atoms with Gasteiger partial charge < -0.3 is 10.1 Å². The summed E-state index contributed by atoms with van der Waals surface area (Å²) in [5, 5.41) is 3.51. The molecule has 0 aromatic heterocycles. The number of rotatable bonds is 6. The van der Waals surface area contributed by atoms with Crippen molar-refractivity contribution in [2.75, 3.05) is 19.7 Å². The molecule has 2 fully saturated rings. The summed E-state index contributed by atoms with van der Waals surface area (Å²) in [6.07, 6.45) is 7.11. The van der Waals surface area contributed by atoms with E-state index < -0.39 is 0 Å². The third kappa shape index (κ3) is 3.69. The van der Waals surface area contributed by atoms with Gasteiger partial charge in [-0.15, -0.1) is 0 Å². The highest BCUT2D eigenvalue weighted by Gasteiger charge is 2.37. The number of morpholine rings is 1. The zero-order valence-electron chi connectivity index (χ0n) is 12.3. The molecule has 0 amide bonds. The quantitative estimate of drug-likeness (QED) is 0.737. The van der Waals surface area contributed by atoms with E-state index in [1.165, 1.54) is 32.1 Å². The molecule has 0 aromatic rings. The molecule has 18 heavy (non-hydrogen) atoms. The normalized spacial score (nSPS) is 30.7. The second kappa shape index (κ2) is 6.88. The first-order valence-corrected chi connectivity index (χ1v) is 7.79. The van der Waals surface area contributed by atoms with Crippen LogP contribution >= 0.6 is 0 Å². The van der Waals surface area contributed by atoms with Gasteiger partial charge in [0.25, 0.3) is 0 Å². The smallest absolute Gasteiger partial charge is 0.0731 e. The van der Waals surface area contributed by atoms with Crippen LogP contribution in [-0.2, 0) is 4.74 Å². The zero-order valence-corrected chi connectivity index (χ0v) is 12.3. The van der Waals surface area contributed by atoms with E-state index >= 15 is 0 Å². The molecule has 3 nitrogen and oxygen atoms in total. The van der Waals surface area contributed by atoms with Gasteiger partial charge in [-0.25, -0.2) is 0 Å². The highest BCUT2D eigenvalue weighted by molar-refractivity contribution is 4.91. The topological polar surface area (TPSA) is 24.5 Å². The predicted molar refractivity (Wildman–Crippen MR) is 75.9 cm³/mol. The van der Waals surface area contributed by atoms with Crippen molar-refractivity contribution in [3.05, 3.63) is 0 Å². The molecule has 0 bridgehead atoms. The molecule has 0 spiro atoms. The lowest BCUT2D eigenvalue weighted by atomic mass is 10.0. The van der Waals surface area contributed by atoms with E-state index in [4.69, 9.17) is 4.74 Å². The molecule has 2 aliphatic rings. The number of hydrogen-bond acceptors (Lipinski definition) is 3. The van der Waals surface area contributed by atoms with Crippen molar-refractivity contribution in [1.29, 1.82) is 0 Å². The van der Waals surface area contributed by atoms with Crippen LogP contribution in [0.2, 0.25) is 0 Å². The molecule has 1 saturated carbocycles. The maximum Gasteiger partial charge on any atom is 0.0731 e. The number of ether oxygens (including phenoxy) is 1. The van der Waals surface area contributed by atoms with Gasteiger partial charge in [0.15, 0.2) is 0 Å². The summed E-state index contributed by atoms with van der Waals surface area (Å²) in [5.74, 6) is 0. The Kier molecular flexibility index (Phi) is 5.46. The predicted octanol–water partition coefficient (Wildman–Crippen LogP) is 2.41. The SMILES string of the molecule is CC(C)NCCCC(C)N1CCOC2CCCC21. The molecule has 3 unspecified atom stereocenters. The van der Waals surface area contributed by atoms with Crippen molar-refractivity contribution in [3.63, 3.8) is 0 Å². The molecule has 1 aliphatic carbocycles. The minimum Gasteiger partial charge on any atom is -0.375 e. The Bertz CT molecular complexity index is 245. The van der Waals surface area contributed by atoms with Gasteiger partial charge in [-0.05, 0) is 45.6 Å². The zero-order chi connectivity index (χ0) is 13.0. The van der Waals surface area contributed by atoms with Crippen LogP contribution in [0, 0.1) is 0 Å². The maximum absolute atomic E-state index is 5.89. The lowest BCUT2D eigenvalue weighted by Gasteiger charge is -2.41. The molecule has 3 atom stereocenters. The number of nitrogens with zero attached hydrogens (tertiary/aromatic N) is 1. The monoisotopic (exact) mass is 254 g/mol. The van der Waals surface area contributed by atoms with Gasteiger partial charge >= 0.3 is 0 Å². The van der Waals surface area contributed by atoms with Gasteiger partial charge in [-0.2, -0.15) is 0 Å². The van der Waals surface area contributed by atoms with Crippen LogP contribution in [0.1, 0.15) is 52.9 Å². The summed E-state index contributed by atoms with van der Waals surface area (Å²) in [6, 6.07) is 2.04. The van der Waals surface area contributed by atoms with Crippen molar-refractivity contribution in [2.45, 2.75) is 77.1 Å². The number of nitrogens with one attached hydrogen (secondary N) is 1. The van der Waals surface area contributed by atoms with E-state index in [0.717, 1.165) is 19.7 Å². The first-order valence-electron chi connectivity index (χ1n) is 7.79. The molecule has 1 saturated heterocycles. The minimum absolute atomic E-state index is 0.537. The van der Waals surface area contributed by atoms with Crippen molar-refractivity contribution < 1.29 is 4.74 Å². The van der Waals surface area contributed by atoms with Gasteiger partial charge in [0, 0.05) is 24.7 Å². The average molecular weight is 254 g/mol. The van der Waals surface area contributed by atoms with Gasteiger partial charge in [0.2, 0.25) is 0 Å². The van der Waals surface area contributed by atoms with Crippen molar-refractivity contribution in [1.82, 2.24) is 10.2 Å². The third-order valence-corrected chi connectivity index (χ3v) is 4.44. The van der Waals surface area contributed by atoms with Crippen LogP contribution in [0.5, 0.6) is 0 Å². The summed E-state index contributed by atoms with van der Waals surface area (Å²) >= 11 is 0. The summed E-state index contributed by atoms with van der Waals surface area (Å²) in [6.45, 7) is 10.1. The average Bonchev–Trinajstić information content (AvgIpc) is 2.82. The van der Waals surface area contributed by atoms with E-state index in [0.29, 0.717) is 24.2 Å². The lowest BCUT2D eigenvalue weighted by Crippen LogP contribution is -2.52. The van der Waals surface area contributed by atoms with Crippen LogP contribution in [0.4, 0.5) is 0 Å². The van der Waals surface area contributed by atoms with E-state index in [1.807, 2.05) is 0 Å². The molecule has 0 aromatic carbocycles. The lowest BCUT2D eigenvalue weighted by molar-refractivity contribution is -0.0703. The van der Waals surface area contributed by atoms with Crippen LogP contribution in [0.25, 0.3) is 0 Å². The van der Waals surface area contributed by atoms with E-state index in [9.17, 15) is 0 Å². The molecular weight excluding hydrogens is 224 g/mol. The fourth-order valence-electron chi connectivity index (χ4n) is 3.46. The van der Waals surface area contributed by atoms with Gasteiger partial charge in [0.1, 0.15) is 0 Å². The van der Waals surface area contributed by atoms with Gasteiger partial charge in [0.05, 0.1) is 12.7 Å². The molecule has 0 radical (unpaired) electrons. The highest BCUT2D eigenvalue weighted by Crippen LogP contribution is 2.31. The molecule has 1 heterocycles. The van der Waals surface area contributed by atoms with Crippen LogP contribution < -0.4 is 5.32 Å². The van der Waals surface area contributed by atoms with Crippen molar-refractivity contribution in [2.24, 2.45) is 0 Å². The van der Waals surface area contributed by atoms with Crippen LogP contribution in [0.3, 0.4) is 0 Å². The molecule has 1 N–H and O–H groups in total. The second-order valence-electron chi connectivity index (χ2n) is 6.25. The summed E-state index contributed by atoms with van der Waals surface area (Å²) in [7, 11) is 0. The van der Waals surface area contributed by atoms with E-state index in [-0.39, 0.29) is 0 Å². The molecule has 1 aliphatic heterocycles. The maximum atomic E-state index is 5.89. The Morgan fingerprint density at radius 1 is 1.28 bits per heavy atom. The molecule has 2 rings (SSSR count). The van der Waals surface area contributed by atoms with Crippen molar-refractivity contribution in [3.8, 4) is 0 Å². The third-order valence-electron chi connectivity index (χ3n) is 4.44. The standard InChI is InChI=1S/C15H30N2O/c1-12(2)16-9-5-6-13(3)17-10-11-18-15-8-4-7-14(15)17/h12-16H,4-11H2,1-3H3. The summed E-state index contributed by atoms with van der Waals surface area (Å²) in [4.78, 5) is 2.72. The Labute approximate surface area is 112 Å². The van der Waals surface area contributed by atoms with E-state index in [2.05, 4.69) is 31.0 Å². The highest BCUT2D eigenvalue weighted by atomic mass is 16.5. The molecule has 3 heteroatoms. The molecular formula is C15H30N2O. The van der Waals surface area contributed by atoms with E-state index in [1.54, 1.807) is 0 Å². The second-order valence-corrected chi connectivity index (χ2v) is 6.25. The minimum atomic E-state index is 0.537. The van der Waals surface area contributed by atoms with Crippen LogP contribution in [0.15, 0.2) is 0 Å². The van der Waals surface area contributed by atoms with Gasteiger partial charge in [-0.1, -0.05) is 13.8 Å². The summed E-state index contributed by atoms with van der Waals surface area (Å²) < 4.78 is 5.89. The fourth-order valence-corrected chi connectivity index (χ4v) is 3.46.